The van der Waals surface area contributed by atoms with Crippen molar-refractivity contribution in [3.63, 3.8) is 0 Å². The van der Waals surface area contributed by atoms with Crippen molar-refractivity contribution in [2.75, 3.05) is 25.5 Å². The summed E-state index contributed by atoms with van der Waals surface area (Å²) < 4.78 is 0. The van der Waals surface area contributed by atoms with Crippen molar-refractivity contribution in [2.24, 2.45) is 0 Å². The van der Waals surface area contributed by atoms with Crippen LogP contribution in [0, 0.1) is 6.92 Å². The third kappa shape index (κ3) is 3.04. The zero-order valence-electron chi connectivity index (χ0n) is 13.4. The van der Waals surface area contributed by atoms with Crippen molar-refractivity contribution in [3.8, 4) is 0 Å². The van der Waals surface area contributed by atoms with Crippen LogP contribution < -0.4 is 10.5 Å². The molecule has 2 aromatic rings. The maximum absolute atomic E-state index is 11.9. The molecule has 22 heavy (non-hydrogen) atoms. The predicted molar refractivity (Wildman–Crippen MR) is 88.2 cm³/mol. The summed E-state index contributed by atoms with van der Waals surface area (Å²) in [6.45, 7) is 4.37. The second-order valence-corrected chi connectivity index (χ2v) is 6.10. The molecule has 5 nitrogen and oxygen atoms in total. The van der Waals surface area contributed by atoms with Crippen LogP contribution in [0.2, 0.25) is 0 Å². The van der Waals surface area contributed by atoms with E-state index in [1.807, 2.05) is 21.0 Å². The zero-order valence-corrected chi connectivity index (χ0v) is 13.4. The molecule has 0 atom stereocenters. The summed E-state index contributed by atoms with van der Waals surface area (Å²) in [5.41, 5.74) is 4.30. The van der Waals surface area contributed by atoms with Gasteiger partial charge in [0.05, 0.1) is 5.69 Å². The topological polar surface area (TPSA) is 52.2 Å². The lowest BCUT2D eigenvalue weighted by molar-refractivity contribution is 0.240. The molecule has 0 radical (unpaired) electrons. The second-order valence-electron chi connectivity index (χ2n) is 6.10. The SMILES string of the molecule is Cc1nc2c(c(=O)[nH]1)CCN(Cc1ccc(N(C)C)cc1)C2. The Hall–Kier alpha value is -2.14. The summed E-state index contributed by atoms with van der Waals surface area (Å²) in [5, 5.41) is 0. The van der Waals surface area contributed by atoms with Gasteiger partial charge in [0.1, 0.15) is 5.82 Å². The Morgan fingerprint density at radius 1 is 1.27 bits per heavy atom. The van der Waals surface area contributed by atoms with E-state index < -0.39 is 0 Å². The maximum Gasteiger partial charge on any atom is 0.254 e. The van der Waals surface area contributed by atoms with Crippen LogP contribution in [0.25, 0.3) is 0 Å². The van der Waals surface area contributed by atoms with Gasteiger partial charge in [-0.3, -0.25) is 9.69 Å². The van der Waals surface area contributed by atoms with Gasteiger partial charge in [-0.1, -0.05) is 12.1 Å². The molecule has 0 saturated heterocycles. The lowest BCUT2D eigenvalue weighted by Gasteiger charge is -2.27. The van der Waals surface area contributed by atoms with Gasteiger partial charge in [0.25, 0.3) is 5.56 Å². The van der Waals surface area contributed by atoms with E-state index in [1.165, 1.54) is 11.3 Å². The van der Waals surface area contributed by atoms with Crippen LogP contribution in [-0.2, 0) is 19.5 Å². The standard InChI is InChI=1S/C17H22N4O/c1-12-18-16-11-21(9-8-15(16)17(22)19-12)10-13-4-6-14(7-5-13)20(2)3/h4-7H,8-11H2,1-3H3,(H,18,19,22). The number of nitrogens with zero attached hydrogens (tertiary/aromatic N) is 3. The number of aromatic nitrogens is 2. The van der Waals surface area contributed by atoms with E-state index in [0.717, 1.165) is 37.3 Å². The van der Waals surface area contributed by atoms with Gasteiger partial charge < -0.3 is 9.88 Å². The van der Waals surface area contributed by atoms with E-state index in [-0.39, 0.29) is 5.56 Å². The molecule has 1 aromatic carbocycles. The summed E-state index contributed by atoms with van der Waals surface area (Å²) in [4.78, 5) is 23.7. The lowest BCUT2D eigenvalue weighted by atomic mass is 10.1. The molecular weight excluding hydrogens is 276 g/mol. The van der Waals surface area contributed by atoms with Crippen molar-refractivity contribution in [1.82, 2.24) is 14.9 Å². The quantitative estimate of drug-likeness (QED) is 0.937. The first kappa shape index (κ1) is 14.8. The van der Waals surface area contributed by atoms with Gasteiger partial charge in [0.2, 0.25) is 0 Å². The summed E-state index contributed by atoms with van der Waals surface area (Å²) in [6.07, 6.45) is 0.772. The Morgan fingerprint density at radius 2 is 2.00 bits per heavy atom. The third-order valence-electron chi connectivity index (χ3n) is 4.13. The number of hydrogen-bond acceptors (Lipinski definition) is 4. The summed E-state index contributed by atoms with van der Waals surface area (Å²) in [7, 11) is 4.09. The minimum atomic E-state index is 0.0254. The number of fused-ring (bicyclic) bond motifs is 1. The maximum atomic E-state index is 11.9. The molecular formula is C17H22N4O. The molecule has 0 saturated carbocycles. The van der Waals surface area contributed by atoms with E-state index in [1.54, 1.807) is 0 Å². The number of benzene rings is 1. The number of aromatic amines is 1. The Labute approximate surface area is 130 Å². The van der Waals surface area contributed by atoms with Gasteiger partial charge >= 0.3 is 0 Å². The van der Waals surface area contributed by atoms with Crippen LogP contribution >= 0.6 is 0 Å². The van der Waals surface area contributed by atoms with E-state index in [0.29, 0.717) is 5.82 Å². The van der Waals surface area contributed by atoms with Crippen LogP contribution in [0.1, 0.15) is 22.6 Å². The Kier molecular flexibility index (Phi) is 3.98. The number of rotatable bonds is 3. The van der Waals surface area contributed by atoms with E-state index >= 15 is 0 Å². The van der Waals surface area contributed by atoms with Crippen molar-refractivity contribution >= 4 is 5.69 Å². The summed E-state index contributed by atoms with van der Waals surface area (Å²) in [6, 6.07) is 8.61. The summed E-state index contributed by atoms with van der Waals surface area (Å²) >= 11 is 0. The zero-order chi connectivity index (χ0) is 15.7. The molecule has 5 heteroatoms. The van der Waals surface area contributed by atoms with E-state index in [2.05, 4.69) is 44.0 Å². The monoisotopic (exact) mass is 298 g/mol. The first-order valence-corrected chi connectivity index (χ1v) is 7.60. The molecule has 0 aliphatic carbocycles. The van der Waals surface area contributed by atoms with Crippen molar-refractivity contribution < 1.29 is 0 Å². The van der Waals surface area contributed by atoms with Gasteiger partial charge in [-0.15, -0.1) is 0 Å². The Bertz CT molecular complexity index is 718. The molecule has 0 amide bonds. The van der Waals surface area contributed by atoms with Crippen LogP contribution in [0.5, 0.6) is 0 Å². The van der Waals surface area contributed by atoms with Gasteiger partial charge in [-0.25, -0.2) is 4.98 Å². The molecule has 1 aromatic heterocycles. The number of hydrogen-bond donors (Lipinski definition) is 1. The summed E-state index contributed by atoms with van der Waals surface area (Å²) in [5.74, 6) is 0.695. The smallest absolute Gasteiger partial charge is 0.254 e. The third-order valence-corrected chi connectivity index (χ3v) is 4.13. The van der Waals surface area contributed by atoms with Gasteiger partial charge in [-0.2, -0.15) is 0 Å². The van der Waals surface area contributed by atoms with Crippen molar-refractivity contribution in [1.29, 1.82) is 0 Å². The van der Waals surface area contributed by atoms with Crippen LogP contribution in [0.15, 0.2) is 29.1 Å². The van der Waals surface area contributed by atoms with Crippen LogP contribution in [0.4, 0.5) is 5.69 Å². The fourth-order valence-corrected chi connectivity index (χ4v) is 2.91. The molecule has 1 N–H and O–H groups in total. The average Bonchev–Trinajstić information content (AvgIpc) is 2.47. The van der Waals surface area contributed by atoms with E-state index in [4.69, 9.17) is 0 Å². The highest BCUT2D eigenvalue weighted by Gasteiger charge is 2.20. The van der Waals surface area contributed by atoms with Crippen molar-refractivity contribution in [3.05, 3.63) is 57.3 Å². The number of anilines is 1. The minimum Gasteiger partial charge on any atom is -0.378 e. The highest BCUT2D eigenvalue weighted by molar-refractivity contribution is 5.46. The van der Waals surface area contributed by atoms with Crippen molar-refractivity contribution in [2.45, 2.75) is 26.4 Å². The normalized spacial score (nSPS) is 14.7. The first-order valence-electron chi connectivity index (χ1n) is 7.60. The minimum absolute atomic E-state index is 0.0254. The molecule has 116 valence electrons. The van der Waals surface area contributed by atoms with Gasteiger partial charge in [-0.05, 0) is 31.0 Å². The molecule has 1 aliphatic heterocycles. The highest BCUT2D eigenvalue weighted by atomic mass is 16.1. The van der Waals surface area contributed by atoms with Crippen LogP contribution in [0.3, 0.4) is 0 Å². The van der Waals surface area contributed by atoms with Gasteiger partial charge in [0.15, 0.2) is 0 Å². The molecule has 0 unspecified atom stereocenters. The first-order chi connectivity index (χ1) is 10.5. The molecule has 2 heterocycles. The molecule has 3 rings (SSSR count). The molecule has 1 aliphatic rings. The van der Waals surface area contributed by atoms with Crippen LogP contribution in [-0.4, -0.2) is 35.5 Å². The van der Waals surface area contributed by atoms with Gasteiger partial charge in [0, 0.05) is 45.0 Å². The Balaban J connectivity index is 1.73. The lowest BCUT2D eigenvalue weighted by Crippen LogP contribution is -2.35. The Morgan fingerprint density at radius 3 is 2.68 bits per heavy atom. The molecule has 0 spiro atoms. The average molecular weight is 298 g/mol. The number of nitrogens with one attached hydrogen (secondary N) is 1. The number of aryl methyl sites for hydroxylation is 1. The highest BCUT2D eigenvalue weighted by Crippen LogP contribution is 2.18. The predicted octanol–water partition coefficient (Wildman–Crippen LogP) is 1.70. The second kappa shape index (κ2) is 5.93. The largest absolute Gasteiger partial charge is 0.378 e. The van der Waals surface area contributed by atoms with E-state index in [9.17, 15) is 4.79 Å². The fraction of sp³-hybridized carbons (Fsp3) is 0.412. The molecule has 0 bridgehead atoms. The fourth-order valence-electron chi connectivity index (χ4n) is 2.91. The molecule has 0 fully saturated rings. The number of H-pyrrole nitrogens is 1.